The maximum atomic E-state index is 12.0. The monoisotopic (exact) mass is 286 g/mol. The number of alkyl halides is 3. The van der Waals surface area contributed by atoms with Gasteiger partial charge in [0.2, 0.25) is 0 Å². The van der Waals surface area contributed by atoms with Gasteiger partial charge in [0.05, 0.1) is 0 Å². The van der Waals surface area contributed by atoms with E-state index in [1.54, 1.807) is 6.92 Å². The van der Waals surface area contributed by atoms with Crippen molar-refractivity contribution in [1.82, 2.24) is 15.2 Å². The molecule has 2 N–H and O–H groups in total. The zero-order valence-corrected chi connectivity index (χ0v) is 10.2. The zero-order chi connectivity index (χ0) is 14.8. The molecule has 20 heavy (non-hydrogen) atoms. The Labute approximate surface area is 110 Å². The van der Waals surface area contributed by atoms with Gasteiger partial charge in [0.1, 0.15) is 11.4 Å². The third-order valence-electron chi connectivity index (χ3n) is 2.23. The number of hydrogen-bond acceptors (Lipinski definition) is 5. The first-order chi connectivity index (χ1) is 9.33. The number of H-pyrrole nitrogens is 1. The fourth-order valence-electron chi connectivity index (χ4n) is 1.39. The first-order valence-corrected chi connectivity index (χ1v) is 5.40. The number of halogens is 3. The summed E-state index contributed by atoms with van der Waals surface area (Å²) in [6, 6.07) is 5.02. The van der Waals surface area contributed by atoms with E-state index >= 15 is 0 Å². The summed E-state index contributed by atoms with van der Waals surface area (Å²) in [5.74, 6) is -0.116. The zero-order valence-electron chi connectivity index (χ0n) is 10.2. The highest BCUT2D eigenvalue weighted by Crippen LogP contribution is 2.25. The lowest BCUT2D eigenvalue weighted by molar-refractivity contribution is -0.274. The van der Waals surface area contributed by atoms with Crippen molar-refractivity contribution in [3.63, 3.8) is 0 Å². The normalized spacial score (nSPS) is 11.2. The Balaban J connectivity index is 2.15. The van der Waals surface area contributed by atoms with Crippen LogP contribution in [0.15, 0.2) is 29.1 Å². The van der Waals surface area contributed by atoms with Crippen molar-refractivity contribution in [2.75, 3.05) is 5.32 Å². The van der Waals surface area contributed by atoms with Gasteiger partial charge in [0.25, 0.3) is 0 Å². The molecule has 2 rings (SSSR count). The van der Waals surface area contributed by atoms with Crippen LogP contribution in [0.5, 0.6) is 5.75 Å². The molecule has 0 spiro atoms. The van der Waals surface area contributed by atoms with E-state index in [1.807, 2.05) is 0 Å². The Morgan fingerprint density at radius 1 is 1.25 bits per heavy atom. The molecular weight excluding hydrogens is 277 g/mol. The van der Waals surface area contributed by atoms with Crippen LogP contribution in [-0.2, 0) is 0 Å². The Morgan fingerprint density at radius 3 is 2.50 bits per heavy atom. The molecule has 0 unspecified atom stereocenters. The number of anilines is 2. The van der Waals surface area contributed by atoms with Crippen LogP contribution in [0.4, 0.5) is 24.7 Å². The van der Waals surface area contributed by atoms with Gasteiger partial charge in [0.15, 0.2) is 5.82 Å². The average Bonchev–Trinajstić information content (AvgIpc) is 2.34. The van der Waals surface area contributed by atoms with Crippen LogP contribution >= 0.6 is 0 Å². The molecule has 0 saturated heterocycles. The number of ether oxygens (including phenoxy) is 1. The second-order valence-electron chi connectivity index (χ2n) is 3.77. The average molecular weight is 286 g/mol. The fourth-order valence-corrected chi connectivity index (χ4v) is 1.39. The van der Waals surface area contributed by atoms with Gasteiger partial charge in [-0.25, -0.2) is 9.89 Å². The van der Waals surface area contributed by atoms with Crippen LogP contribution in [0, 0.1) is 6.92 Å². The lowest BCUT2D eigenvalue weighted by Gasteiger charge is -2.10. The van der Waals surface area contributed by atoms with E-state index < -0.39 is 12.1 Å². The summed E-state index contributed by atoms with van der Waals surface area (Å²) < 4.78 is 39.7. The van der Waals surface area contributed by atoms with Gasteiger partial charge in [-0.15, -0.1) is 13.2 Å². The Hall–Kier alpha value is -2.58. The van der Waals surface area contributed by atoms with Crippen molar-refractivity contribution >= 4 is 11.5 Å². The van der Waals surface area contributed by atoms with Gasteiger partial charge in [-0.2, -0.15) is 10.1 Å². The summed E-state index contributed by atoms with van der Waals surface area (Å²) in [5, 5.41) is 8.64. The van der Waals surface area contributed by atoms with Gasteiger partial charge < -0.3 is 10.1 Å². The number of hydrogen-bond donors (Lipinski definition) is 2. The van der Waals surface area contributed by atoms with E-state index in [2.05, 4.69) is 25.2 Å². The summed E-state index contributed by atoms with van der Waals surface area (Å²) in [6.07, 6.45) is -4.73. The number of aryl methyl sites for hydroxylation is 1. The van der Waals surface area contributed by atoms with E-state index in [9.17, 15) is 18.0 Å². The number of aromatic amines is 1. The maximum Gasteiger partial charge on any atom is 0.573 e. The molecule has 1 aromatic heterocycles. The van der Waals surface area contributed by atoms with Crippen LogP contribution in [-0.4, -0.2) is 21.5 Å². The molecule has 1 heterocycles. The van der Waals surface area contributed by atoms with Crippen LogP contribution in [0.3, 0.4) is 0 Å². The van der Waals surface area contributed by atoms with Gasteiger partial charge in [-0.1, -0.05) is 0 Å². The third kappa shape index (κ3) is 3.70. The fraction of sp³-hybridized carbons (Fsp3) is 0.182. The standard InChI is InChI=1S/C11H9F3N4O2/c1-6-9(16-10(19)18-17-6)15-7-2-4-8(5-3-7)20-11(12,13)14/h2-5H,1H3,(H2,15,16,18,19). The lowest BCUT2D eigenvalue weighted by atomic mass is 10.3. The Morgan fingerprint density at radius 2 is 1.90 bits per heavy atom. The minimum absolute atomic E-state index is 0.221. The van der Waals surface area contributed by atoms with Crippen LogP contribution < -0.4 is 15.7 Å². The summed E-state index contributed by atoms with van der Waals surface area (Å²) in [5.41, 5.74) is 0.262. The Kier molecular flexibility index (Phi) is 3.59. The molecule has 0 radical (unpaired) electrons. The second-order valence-corrected chi connectivity index (χ2v) is 3.77. The number of nitrogens with zero attached hydrogens (tertiary/aromatic N) is 2. The SMILES string of the molecule is Cc1n[nH]c(=O)nc1Nc1ccc(OC(F)(F)F)cc1. The van der Waals surface area contributed by atoms with Crippen LogP contribution in [0.25, 0.3) is 0 Å². The smallest absolute Gasteiger partial charge is 0.406 e. The molecule has 1 aromatic carbocycles. The third-order valence-corrected chi connectivity index (χ3v) is 2.23. The number of nitrogens with one attached hydrogen (secondary N) is 2. The molecule has 0 aliphatic rings. The van der Waals surface area contributed by atoms with Crippen molar-refractivity contribution in [1.29, 1.82) is 0 Å². The van der Waals surface area contributed by atoms with Gasteiger partial charge >= 0.3 is 12.1 Å². The largest absolute Gasteiger partial charge is 0.573 e. The molecule has 9 heteroatoms. The molecule has 2 aromatic rings. The highest BCUT2D eigenvalue weighted by molar-refractivity contribution is 5.58. The molecule has 0 bridgehead atoms. The summed E-state index contributed by atoms with van der Waals surface area (Å²) in [7, 11) is 0. The van der Waals surface area contributed by atoms with E-state index in [4.69, 9.17) is 0 Å². The van der Waals surface area contributed by atoms with E-state index in [1.165, 1.54) is 12.1 Å². The molecule has 0 aliphatic carbocycles. The molecular formula is C11H9F3N4O2. The van der Waals surface area contributed by atoms with Crippen LogP contribution in [0.2, 0.25) is 0 Å². The van der Waals surface area contributed by atoms with Crippen molar-refractivity contribution in [3.05, 3.63) is 40.4 Å². The molecule has 0 aliphatic heterocycles. The van der Waals surface area contributed by atoms with Gasteiger partial charge in [-0.3, -0.25) is 0 Å². The lowest BCUT2D eigenvalue weighted by Crippen LogP contribution is -2.17. The van der Waals surface area contributed by atoms with Crippen molar-refractivity contribution in [2.24, 2.45) is 0 Å². The van der Waals surface area contributed by atoms with Crippen molar-refractivity contribution in [3.8, 4) is 5.75 Å². The van der Waals surface area contributed by atoms with Crippen molar-refractivity contribution < 1.29 is 17.9 Å². The van der Waals surface area contributed by atoms with E-state index in [0.29, 0.717) is 11.4 Å². The number of rotatable bonds is 3. The predicted molar refractivity (Wildman–Crippen MR) is 63.8 cm³/mol. The predicted octanol–water partition coefficient (Wildman–Crippen LogP) is 2.12. The minimum atomic E-state index is -4.73. The highest BCUT2D eigenvalue weighted by Gasteiger charge is 2.30. The minimum Gasteiger partial charge on any atom is -0.406 e. The van der Waals surface area contributed by atoms with Crippen molar-refractivity contribution in [2.45, 2.75) is 13.3 Å². The summed E-state index contributed by atoms with van der Waals surface area (Å²) >= 11 is 0. The Bertz CT molecular complexity index is 652. The molecule has 106 valence electrons. The topological polar surface area (TPSA) is 79.9 Å². The maximum absolute atomic E-state index is 12.0. The highest BCUT2D eigenvalue weighted by atomic mass is 19.4. The first-order valence-electron chi connectivity index (χ1n) is 5.40. The van der Waals surface area contributed by atoms with Gasteiger partial charge in [0, 0.05) is 5.69 Å². The quantitative estimate of drug-likeness (QED) is 0.903. The van der Waals surface area contributed by atoms with Crippen LogP contribution in [0.1, 0.15) is 5.69 Å². The number of benzene rings is 1. The second kappa shape index (κ2) is 5.19. The van der Waals surface area contributed by atoms with E-state index in [-0.39, 0.29) is 11.6 Å². The molecule has 6 nitrogen and oxygen atoms in total. The first kappa shape index (κ1) is 13.8. The molecule has 0 saturated carbocycles. The summed E-state index contributed by atoms with van der Waals surface area (Å²) in [4.78, 5) is 14.7. The van der Waals surface area contributed by atoms with E-state index in [0.717, 1.165) is 12.1 Å². The number of aromatic nitrogens is 3. The summed E-state index contributed by atoms with van der Waals surface area (Å²) in [6.45, 7) is 1.62. The molecule has 0 amide bonds. The molecule has 0 fully saturated rings. The van der Waals surface area contributed by atoms with Gasteiger partial charge in [-0.05, 0) is 31.2 Å². The molecule has 0 atom stereocenters.